The maximum absolute atomic E-state index is 14.3. The number of alkyl carbamates (subject to hydrolysis) is 1. The lowest BCUT2D eigenvalue weighted by Crippen LogP contribution is -2.40. The standard InChI is InChI=1S/C23H27FN4O2/c1-23(2,3)30-22(29)25-17-12-13-27(15-17)21-26-19-10-6-7-11-20(19)28(21)14-16-8-4-5-9-18(16)24/h4-11,17H,12-15H2,1-3H3,(H,25,29)/t17-/m0/s1. The van der Waals surface area contributed by atoms with Gasteiger partial charge in [0.15, 0.2) is 0 Å². The van der Waals surface area contributed by atoms with Crippen molar-refractivity contribution in [2.45, 2.75) is 45.4 Å². The van der Waals surface area contributed by atoms with Crippen LogP contribution in [0, 0.1) is 5.82 Å². The lowest BCUT2D eigenvalue weighted by atomic mass is 10.2. The third-order valence-electron chi connectivity index (χ3n) is 5.11. The molecule has 2 heterocycles. The van der Waals surface area contributed by atoms with Crippen LogP contribution in [0.25, 0.3) is 11.0 Å². The Bertz CT molecular complexity index is 1060. The molecule has 1 amide bonds. The van der Waals surface area contributed by atoms with E-state index < -0.39 is 11.7 Å². The zero-order chi connectivity index (χ0) is 21.3. The van der Waals surface area contributed by atoms with Crippen LogP contribution in [0.1, 0.15) is 32.8 Å². The van der Waals surface area contributed by atoms with Crippen molar-refractivity contribution in [3.8, 4) is 0 Å². The van der Waals surface area contributed by atoms with Gasteiger partial charge in [-0.2, -0.15) is 0 Å². The van der Waals surface area contributed by atoms with Crippen LogP contribution in [-0.4, -0.2) is 40.4 Å². The van der Waals surface area contributed by atoms with Crippen molar-refractivity contribution in [3.63, 3.8) is 0 Å². The number of nitrogens with one attached hydrogen (secondary N) is 1. The van der Waals surface area contributed by atoms with Gasteiger partial charge in [-0.25, -0.2) is 14.2 Å². The molecule has 4 rings (SSSR count). The first kappa shape index (κ1) is 20.2. The minimum absolute atomic E-state index is 0.0263. The van der Waals surface area contributed by atoms with E-state index in [-0.39, 0.29) is 11.9 Å². The Morgan fingerprint density at radius 3 is 2.70 bits per heavy atom. The number of hydrogen-bond acceptors (Lipinski definition) is 4. The van der Waals surface area contributed by atoms with E-state index in [2.05, 4.69) is 10.2 Å². The molecular weight excluding hydrogens is 383 g/mol. The zero-order valence-electron chi connectivity index (χ0n) is 17.6. The van der Waals surface area contributed by atoms with Crippen molar-refractivity contribution >= 4 is 23.1 Å². The number of imidazole rings is 1. The Balaban J connectivity index is 1.57. The number of ether oxygens (including phenoxy) is 1. The van der Waals surface area contributed by atoms with Crippen LogP contribution in [-0.2, 0) is 11.3 Å². The molecule has 1 aliphatic rings. The molecule has 7 heteroatoms. The Kier molecular flexibility index (Phi) is 5.37. The van der Waals surface area contributed by atoms with Crippen molar-refractivity contribution in [1.29, 1.82) is 0 Å². The summed E-state index contributed by atoms with van der Waals surface area (Å²) < 4.78 is 21.7. The van der Waals surface area contributed by atoms with Crippen molar-refractivity contribution in [2.24, 2.45) is 0 Å². The van der Waals surface area contributed by atoms with E-state index in [1.54, 1.807) is 12.1 Å². The molecule has 158 valence electrons. The molecule has 6 nitrogen and oxygen atoms in total. The second-order valence-corrected chi connectivity index (χ2v) is 8.66. The summed E-state index contributed by atoms with van der Waals surface area (Å²) >= 11 is 0. The summed E-state index contributed by atoms with van der Waals surface area (Å²) in [6.07, 6.45) is 0.386. The van der Waals surface area contributed by atoms with Crippen LogP contribution in [0.3, 0.4) is 0 Å². The highest BCUT2D eigenvalue weighted by Gasteiger charge is 2.29. The van der Waals surface area contributed by atoms with Gasteiger partial charge >= 0.3 is 6.09 Å². The topological polar surface area (TPSA) is 59.4 Å². The monoisotopic (exact) mass is 410 g/mol. The molecule has 0 unspecified atom stereocenters. The number of fused-ring (bicyclic) bond motifs is 1. The molecule has 0 spiro atoms. The molecule has 1 aromatic heterocycles. The predicted octanol–water partition coefficient (Wildman–Crippen LogP) is 4.33. The lowest BCUT2D eigenvalue weighted by Gasteiger charge is -2.22. The summed E-state index contributed by atoms with van der Waals surface area (Å²) in [6, 6.07) is 14.7. The number of aromatic nitrogens is 2. The zero-order valence-corrected chi connectivity index (χ0v) is 17.6. The average Bonchev–Trinajstić information content (AvgIpc) is 3.27. The van der Waals surface area contributed by atoms with E-state index in [1.807, 2.05) is 55.7 Å². The fourth-order valence-corrected chi connectivity index (χ4v) is 3.79. The minimum atomic E-state index is -0.532. The Hall–Kier alpha value is -3.09. The van der Waals surface area contributed by atoms with Gasteiger partial charge in [-0.1, -0.05) is 30.3 Å². The fourth-order valence-electron chi connectivity index (χ4n) is 3.79. The summed E-state index contributed by atoms with van der Waals surface area (Å²) in [5.74, 6) is 0.556. The molecule has 0 saturated carbocycles. The highest BCUT2D eigenvalue weighted by atomic mass is 19.1. The summed E-state index contributed by atoms with van der Waals surface area (Å²) in [7, 11) is 0. The van der Waals surface area contributed by atoms with Crippen molar-refractivity contribution in [1.82, 2.24) is 14.9 Å². The van der Waals surface area contributed by atoms with Crippen LogP contribution in [0.2, 0.25) is 0 Å². The molecule has 2 aromatic carbocycles. The van der Waals surface area contributed by atoms with E-state index in [0.717, 1.165) is 29.9 Å². The minimum Gasteiger partial charge on any atom is -0.444 e. The number of rotatable bonds is 4. The normalized spacial score (nSPS) is 16.8. The Morgan fingerprint density at radius 2 is 1.93 bits per heavy atom. The van der Waals surface area contributed by atoms with Gasteiger partial charge in [-0.3, -0.25) is 0 Å². The first-order valence-electron chi connectivity index (χ1n) is 10.2. The number of hydrogen-bond donors (Lipinski definition) is 1. The van der Waals surface area contributed by atoms with Crippen LogP contribution in [0.5, 0.6) is 0 Å². The van der Waals surface area contributed by atoms with Gasteiger partial charge in [0.1, 0.15) is 11.4 Å². The smallest absolute Gasteiger partial charge is 0.407 e. The number of para-hydroxylation sites is 2. The third-order valence-corrected chi connectivity index (χ3v) is 5.11. The summed E-state index contributed by atoms with van der Waals surface area (Å²) in [4.78, 5) is 19.1. The second-order valence-electron chi connectivity index (χ2n) is 8.66. The number of carbonyl (C=O) groups is 1. The van der Waals surface area contributed by atoms with Gasteiger partial charge in [-0.05, 0) is 45.4 Å². The number of halogens is 1. The van der Waals surface area contributed by atoms with Crippen LogP contribution >= 0.6 is 0 Å². The molecular formula is C23H27FN4O2. The molecule has 1 N–H and O–H groups in total. The largest absolute Gasteiger partial charge is 0.444 e. The summed E-state index contributed by atoms with van der Waals surface area (Å²) in [5, 5.41) is 2.95. The summed E-state index contributed by atoms with van der Waals surface area (Å²) in [5.41, 5.74) is 1.91. The quantitative estimate of drug-likeness (QED) is 0.696. The Morgan fingerprint density at radius 1 is 1.20 bits per heavy atom. The molecule has 30 heavy (non-hydrogen) atoms. The molecule has 1 aliphatic heterocycles. The maximum atomic E-state index is 14.3. The van der Waals surface area contributed by atoms with Gasteiger partial charge in [0.05, 0.1) is 23.6 Å². The summed E-state index contributed by atoms with van der Waals surface area (Å²) in [6.45, 7) is 7.31. The molecule has 3 aromatic rings. The first-order chi connectivity index (χ1) is 14.3. The predicted molar refractivity (Wildman–Crippen MR) is 115 cm³/mol. The molecule has 1 fully saturated rings. The van der Waals surface area contributed by atoms with Crippen LogP contribution in [0.15, 0.2) is 48.5 Å². The van der Waals surface area contributed by atoms with Crippen molar-refractivity contribution in [2.75, 3.05) is 18.0 Å². The number of benzene rings is 2. The SMILES string of the molecule is CC(C)(C)OC(=O)N[C@H]1CCN(c2nc3ccccc3n2Cc2ccccc2F)C1. The van der Waals surface area contributed by atoms with E-state index in [4.69, 9.17) is 9.72 Å². The fraction of sp³-hybridized carbons (Fsp3) is 0.391. The molecule has 0 bridgehead atoms. The van der Waals surface area contributed by atoms with E-state index in [9.17, 15) is 9.18 Å². The molecule has 1 atom stereocenters. The number of nitrogens with zero attached hydrogens (tertiary/aromatic N) is 3. The van der Waals surface area contributed by atoms with E-state index in [0.29, 0.717) is 18.7 Å². The van der Waals surface area contributed by atoms with Gasteiger partial charge in [0, 0.05) is 18.7 Å². The van der Waals surface area contributed by atoms with E-state index in [1.165, 1.54) is 6.07 Å². The maximum Gasteiger partial charge on any atom is 0.407 e. The molecule has 0 aliphatic carbocycles. The number of amides is 1. The molecule has 1 saturated heterocycles. The molecule has 0 radical (unpaired) electrons. The van der Waals surface area contributed by atoms with E-state index >= 15 is 0 Å². The lowest BCUT2D eigenvalue weighted by molar-refractivity contribution is 0.0509. The second kappa shape index (κ2) is 7.97. The highest BCUT2D eigenvalue weighted by Crippen LogP contribution is 2.27. The van der Waals surface area contributed by atoms with Crippen LogP contribution < -0.4 is 10.2 Å². The van der Waals surface area contributed by atoms with Crippen LogP contribution in [0.4, 0.5) is 15.1 Å². The number of carbonyl (C=O) groups excluding carboxylic acids is 1. The van der Waals surface area contributed by atoms with Gasteiger partial charge in [0.25, 0.3) is 0 Å². The highest BCUT2D eigenvalue weighted by molar-refractivity contribution is 5.79. The van der Waals surface area contributed by atoms with Gasteiger partial charge < -0.3 is 19.5 Å². The van der Waals surface area contributed by atoms with Gasteiger partial charge in [-0.15, -0.1) is 0 Å². The first-order valence-corrected chi connectivity index (χ1v) is 10.2. The average molecular weight is 410 g/mol. The Labute approximate surface area is 175 Å². The van der Waals surface area contributed by atoms with Crippen molar-refractivity contribution < 1.29 is 13.9 Å². The number of anilines is 1. The van der Waals surface area contributed by atoms with Crippen molar-refractivity contribution in [3.05, 3.63) is 59.9 Å². The van der Waals surface area contributed by atoms with Gasteiger partial charge in [0.2, 0.25) is 5.95 Å². The third kappa shape index (κ3) is 4.40.